The van der Waals surface area contributed by atoms with Crippen LogP contribution in [-0.4, -0.2) is 15.0 Å². The molecule has 3 nitrogen and oxygen atoms in total. The van der Waals surface area contributed by atoms with Crippen LogP contribution in [0.5, 0.6) is 0 Å². The Labute approximate surface area is 89.6 Å². The van der Waals surface area contributed by atoms with Crippen LogP contribution in [0.4, 0.5) is 0 Å². The number of hydrogen-bond donors (Lipinski definition) is 0. The summed E-state index contributed by atoms with van der Waals surface area (Å²) >= 11 is 0. The molecule has 0 saturated carbocycles. The van der Waals surface area contributed by atoms with Crippen molar-refractivity contribution >= 4 is 11.0 Å². The maximum absolute atomic E-state index is 4.50. The third kappa shape index (κ3) is 1.82. The molecule has 0 spiro atoms. The average Bonchev–Trinajstić information content (AvgIpc) is 2.15. The van der Waals surface area contributed by atoms with Crippen LogP contribution in [0.3, 0.4) is 0 Å². The lowest BCUT2D eigenvalue weighted by atomic mass is 9.90. The number of aromatic nitrogens is 3. The van der Waals surface area contributed by atoms with E-state index in [1.54, 1.807) is 6.20 Å². The molecule has 2 rings (SSSR count). The fourth-order valence-corrected chi connectivity index (χ4v) is 1.61. The highest BCUT2D eigenvalue weighted by molar-refractivity contribution is 5.77. The van der Waals surface area contributed by atoms with Gasteiger partial charge in [0.2, 0.25) is 0 Å². The van der Waals surface area contributed by atoms with Gasteiger partial charge in [-0.3, -0.25) is 4.98 Å². The molecule has 0 unspecified atom stereocenters. The lowest BCUT2D eigenvalue weighted by Crippen LogP contribution is -2.16. The van der Waals surface area contributed by atoms with Crippen molar-refractivity contribution in [3.8, 4) is 0 Å². The second-order valence-electron chi connectivity index (χ2n) is 4.74. The topological polar surface area (TPSA) is 38.7 Å². The van der Waals surface area contributed by atoms with Crippen molar-refractivity contribution in [3.05, 3.63) is 29.8 Å². The standard InChI is InChI=1S/C12H15N3/c1-8-14-9-6-5-7-13-10(9)11(15-8)12(2,3)4/h5-7H,1-4H3. The van der Waals surface area contributed by atoms with Gasteiger partial charge in [0.05, 0.1) is 11.2 Å². The van der Waals surface area contributed by atoms with Crippen molar-refractivity contribution in [1.82, 2.24) is 15.0 Å². The number of rotatable bonds is 0. The zero-order valence-electron chi connectivity index (χ0n) is 9.57. The molecular formula is C12H15N3. The Balaban J connectivity index is 2.83. The highest BCUT2D eigenvalue weighted by Crippen LogP contribution is 2.25. The minimum absolute atomic E-state index is 0.000301. The van der Waals surface area contributed by atoms with Crippen LogP contribution < -0.4 is 0 Å². The smallest absolute Gasteiger partial charge is 0.126 e. The normalized spacial score (nSPS) is 12.0. The second kappa shape index (κ2) is 3.26. The van der Waals surface area contributed by atoms with Gasteiger partial charge in [0, 0.05) is 11.6 Å². The van der Waals surface area contributed by atoms with Crippen molar-refractivity contribution < 1.29 is 0 Å². The fourth-order valence-electron chi connectivity index (χ4n) is 1.61. The minimum atomic E-state index is 0.000301. The third-order valence-corrected chi connectivity index (χ3v) is 2.28. The van der Waals surface area contributed by atoms with Gasteiger partial charge in [0.25, 0.3) is 0 Å². The summed E-state index contributed by atoms with van der Waals surface area (Å²) in [5.41, 5.74) is 2.86. The Morgan fingerprint density at radius 2 is 1.87 bits per heavy atom. The molecule has 0 atom stereocenters. The molecule has 2 aromatic rings. The Hall–Kier alpha value is -1.51. The molecule has 0 N–H and O–H groups in total. The first-order valence-corrected chi connectivity index (χ1v) is 5.08. The first kappa shape index (κ1) is 10.0. The number of fused-ring (bicyclic) bond motifs is 1. The molecule has 78 valence electrons. The van der Waals surface area contributed by atoms with Gasteiger partial charge in [0.1, 0.15) is 11.3 Å². The third-order valence-electron chi connectivity index (χ3n) is 2.28. The minimum Gasteiger partial charge on any atom is -0.253 e. The summed E-state index contributed by atoms with van der Waals surface area (Å²) in [6.45, 7) is 8.34. The Morgan fingerprint density at radius 3 is 2.53 bits per heavy atom. The molecule has 2 aromatic heterocycles. The highest BCUT2D eigenvalue weighted by atomic mass is 14.9. The molecule has 0 fully saturated rings. The summed E-state index contributed by atoms with van der Waals surface area (Å²) in [6.07, 6.45) is 1.79. The molecule has 0 aliphatic heterocycles. The summed E-state index contributed by atoms with van der Waals surface area (Å²) in [7, 11) is 0. The van der Waals surface area contributed by atoms with Gasteiger partial charge < -0.3 is 0 Å². The van der Waals surface area contributed by atoms with Crippen LogP contribution in [0.25, 0.3) is 11.0 Å². The maximum Gasteiger partial charge on any atom is 0.126 e. The summed E-state index contributed by atoms with van der Waals surface area (Å²) in [6, 6.07) is 3.88. The van der Waals surface area contributed by atoms with E-state index in [-0.39, 0.29) is 5.41 Å². The van der Waals surface area contributed by atoms with Gasteiger partial charge in [-0.1, -0.05) is 20.8 Å². The first-order valence-electron chi connectivity index (χ1n) is 5.08. The zero-order chi connectivity index (χ0) is 11.1. The van der Waals surface area contributed by atoms with E-state index in [4.69, 9.17) is 0 Å². The molecule has 15 heavy (non-hydrogen) atoms. The average molecular weight is 201 g/mol. The molecule has 0 amide bonds. The molecule has 0 aromatic carbocycles. The van der Waals surface area contributed by atoms with Crippen LogP contribution in [0.2, 0.25) is 0 Å². The first-order chi connectivity index (χ1) is 6.98. The lowest BCUT2D eigenvalue weighted by molar-refractivity contribution is 0.570. The van der Waals surface area contributed by atoms with Crippen molar-refractivity contribution in [2.45, 2.75) is 33.1 Å². The van der Waals surface area contributed by atoms with Gasteiger partial charge in [-0.2, -0.15) is 0 Å². The Bertz CT molecular complexity index is 498. The van der Waals surface area contributed by atoms with Crippen molar-refractivity contribution in [2.24, 2.45) is 0 Å². The zero-order valence-corrected chi connectivity index (χ0v) is 9.57. The highest BCUT2D eigenvalue weighted by Gasteiger charge is 2.20. The van der Waals surface area contributed by atoms with Gasteiger partial charge in [0.15, 0.2) is 0 Å². The number of hydrogen-bond acceptors (Lipinski definition) is 3. The maximum atomic E-state index is 4.50. The SMILES string of the molecule is Cc1nc(C(C)(C)C)c2ncccc2n1. The quantitative estimate of drug-likeness (QED) is 0.657. The van der Waals surface area contributed by atoms with Crippen LogP contribution >= 0.6 is 0 Å². The van der Waals surface area contributed by atoms with E-state index in [0.717, 1.165) is 22.6 Å². The van der Waals surface area contributed by atoms with Gasteiger partial charge in [-0.15, -0.1) is 0 Å². The second-order valence-corrected chi connectivity index (χ2v) is 4.74. The molecular weight excluding hydrogens is 186 g/mol. The van der Waals surface area contributed by atoms with Gasteiger partial charge in [-0.05, 0) is 19.1 Å². The van der Waals surface area contributed by atoms with E-state index < -0.39 is 0 Å². The predicted octanol–water partition coefficient (Wildman–Crippen LogP) is 2.63. The van der Waals surface area contributed by atoms with Crippen molar-refractivity contribution in [2.75, 3.05) is 0 Å². The van der Waals surface area contributed by atoms with Crippen LogP contribution in [-0.2, 0) is 5.41 Å². The molecule has 2 heterocycles. The monoisotopic (exact) mass is 201 g/mol. The fraction of sp³-hybridized carbons (Fsp3) is 0.417. The van der Waals surface area contributed by atoms with E-state index in [0.29, 0.717) is 0 Å². The van der Waals surface area contributed by atoms with Crippen LogP contribution in [0, 0.1) is 6.92 Å². The predicted molar refractivity (Wildman–Crippen MR) is 60.8 cm³/mol. The van der Waals surface area contributed by atoms with E-state index >= 15 is 0 Å². The van der Waals surface area contributed by atoms with Crippen molar-refractivity contribution in [1.29, 1.82) is 0 Å². The molecule has 0 radical (unpaired) electrons. The summed E-state index contributed by atoms with van der Waals surface area (Å²) in [4.78, 5) is 13.2. The number of nitrogens with zero attached hydrogens (tertiary/aromatic N) is 3. The lowest BCUT2D eigenvalue weighted by Gasteiger charge is -2.19. The molecule has 0 saturated heterocycles. The number of pyridine rings is 1. The van der Waals surface area contributed by atoms with Gasteiger partial charge >= 0.3 is 0 Å². The molecule has 3 heteroatoms. The summed E-state index contributed by atoms with van der Waals surface area (Å²) < 4.78 is 0. The van der Waals surface area contributed by atoms with E-state index in [1.807, 2.05) is 19.1 Å². The summed E-state index contributed by atoms with van der Waals surface area (Å²) in [5.74, 6) is 0.806. The Kier molecular flexibility index (Phi) is 2.18. The molecule has 0 aliphatic carbocycles. The largest absolute Gasteiger partial charge is 0.253 e. The molecule has 0 aliphatic rings. The van der Waals surface area contributed by atoms with Crippen molar-refractivity contribution in [3.63, 3.8) is 0 Å². The van der Waals surface area contributed by atoms with E-state index in [1.165, 1.54) is 0 Å². The summed E-state index contributed by atoms with van der Waals surface area (Å²) in [5, 5.41) is 0. The van der Waals surface area contributed by atoms with Gasteiger partial charge in [-0.25, -0.2) is 9.97 Å². The Morgan fingerprint density at radius 1 is 1.13 bits per heavy atom. The van der Waals surface area contributed by atoms with Crippen LogP contribution in [0.15, 0.2) is 18.3 Å². The van der Waals surface area contributed by atoms with E-state index in [2.05, 4.69) is 35.7 Å². The van der Waals surface area contributed by atoms with Crippen LogP contribution in [0.1, 0.15) is 32.3 Å². The van der Waals surface area contributed by atoms with E-state index in [9.17, 15) is 0 Å². The molecule has 0 bridgehead atoms. The number of aryl methyl sites for hydroxylation is 1.